The minimum Gasteiger partial charge on any atom is -0.337 e. The van der Waals surface area contributed by atoms with Crippen molar-refractivity contribution in [2.45, 2.75) is 32.2 Å². The molecule has 2 N–H and O–H groups in total. The first-order chi connectivity index (χ1) is 16.1. The van der Waals surface area contributed by atoms with Crippen molar-refractivity contribution >= 4 is 51.0 Å². The van der Waals surface area contributed by atoms with E-state index in [1.165, 1.54) is 16.2 Å². The highest BCUT2D eigenvalue weighted by Crippen LogP contribution is 2.38. The summed E-state index contributed by atoms with van der Waals surface area (Å²) in [5.74, 6) is -0.439. The molecule has 0 aliphatic heterocycles. The highest BCUT2D eigenvalue weighted by Gasteiger charge is 2.26. The summed E-state index contributed by atoms with van der Waals surface area (Å²) < 4.78 is 1.77. The highest BCUT2D eigenvalue weighted by atomic mass is 32.1. The molecule has 7 heteroatoms. The van der Waals surface area contributed by atoms with Gasteiger partial charge in [0.15, 0.2) is 6.29 Å². The molecule has 0 saturated carbocycles. The lowest BCUT2D eigenvalue weighted by molar-refractivity contribution is -0.116. The van der Waals surface area contributed by atoms with Gasteiger partial charge >= 0.3 is 0 Å². The lowest BCUT2D eigenvalue weighted by Gasteiger charge is -2.13. The molecule has 0 saturated heterocycles. The van der Waals surface area contributed by atoms with Gasteiger partial charge in [-0.05, 0) is 49.4 Å². The number of amides is 2. The van der Waals surface area contributed by atoms with Crippen molar-refractivity contribution < 1.29 is 14.4 Å². The van der Waals surface area contributed by atoms with E-state index in [1.807, 2.05) is 54.6 Å². The van der Waals surface area contributed by atoms with E-state index in [4.69, 9.17) is 0 Å². The van der Waals surface area contributed by atoms with Crippen LogP contribution in [-0.2, 0) is 24.2 Å². The number of nitrogens with zero attached hydrogens (tertiary/aromatic N) is 1. The minimum absolute atomic E-state index is 0.0522. The van der Waals surface area contributed by atoms with Crippen molar-refractivity contribution in [1.82, 2.24) is 4.57 Å². The Kier molecular flexibility index (Phi) is 5.79. The number of rotatable bonds is 6. The Balaban J connectivity index is 1.42. The summed E-state index contributed by atoms with van der Waals surface area (Å²) in [4.78, 5) is 38.9. The van der Waals surface area contributed by atoms with Crippen LogP contribution in [0.5, 0.6) is 0 Å². The van der Waals surface area contributed by atoms with Crippen molar-refractivity contribution in [3.05, 3.63) is 82.4 Å². The number of hydrogen-bond acceptors (Lipinski definition) is 4. The maximum atomic E-state index is 13.2. The van der Waals surface area contributed by atoms with Crippen molar-refractivity contribution in [3.8, 4) is 0 Å². The van der Waals surface area contributed by atoms with Crippen LogP contribution in [0.4, 0.5) is 10.7 Å². The SMILES string of the molecule is O=Cc1cn(CC(=O)Nc2sc3c(c2C(=O)Nc2ccccc2)CCCC3)c2ccccc12. The van der Waals surface area contributed by atoms with Gasteiger partial charge in [0.1, 0.15) is 11.5 Å². The van der Waals surface area contributed by atoms with Crippen LogP contribution in [0.2, 0.25) is 0 Å². The monoisotopic (exact) mass is 457 g/mol. The fourth-order valence-electron chi connectivity index (χ4n) is 4.43. The quantitative estimate of drug-likeness (QED) is 0.386. The fraction of sp³-hybridized carbons (Fsp3) is 0.192. The van der Waals surface area contributed by atoms with Crippen molar-refractivity contribution in [3.63, 3.8) is 0 Å². The third-order valence-electron chi connectivity index (χ3n) is 5.94. The molecular weight excluding hydrogens is 434 g/mol. The van der Waals surface area contributed by atoms with Gasteiger partial charge in [0.2, 0.25) is 5.91 Å². The normalized spacial score (nSPS) is 12.8. The standard InChI is InChI=1S/C26H23N3O3S/c30-16-17-14-29(21-12-6-4-10-19(17)21)15-23(31)28-26-24(20-11-5-7-13-22(20)33-26)25(32)27-18-8-2-1-3-9-18/h1-4,6,8-10,12,14,16H,5,7,11,13,15H2,(H,27,32)(H,28,31). The van der Waals surface area contributed by atoms with E-state index >= 15 is 0 Å². The van der Waals surface area contributed by atoms with Gasteiger partial charge < -0.3 is 15.2 Å². The number of carbonyl (C=O) groups excluding carboxylic acids is 3. The molecule has 2 aromatic heterocycles. The summed E-state index contributed by atoms with van der Waals surface area (Å²) in [6, 6.07) is 16.8. The van der Waals surface area contributed by atoms with Crippen LogP contribution < -0.4 is 10.6 Å². The number of thiophene rings is 1. The largest absolute Gasteiger partial charge is 0.337 e. The number of benzene rings is 2. The number of nitrogens with one attached hydrogen (secondary N) is 2. The second kappa shape index (κ2) is 9.03. The second-order valence-corrected chi connectivity index (χ2v) is 9.24. The fourth-order valence-corrected chi connectivity index (χ4v) is 5.73. The number of carbonyl (C=O) groups is 3. The van der Waals surface area contributed by atoms with Gasteiger partial charge in [0, 0.05) is 33.2 Å². The molecule has 4 aromatic rings. The van der Waals surface area contributed by atoms with Crippen LogP contribution in [0, 0.1) is 0 Å². The van der Waals surface area contributed by atoms with E-state index in [-0.39, 0.29) is 18.4 Å². The molecule has 2 aromatic carbocycles. The minimum atomic E-state index is -0.236. The second-order valence-electron chi connectivity index (χ2n) is 8.13. The lowest BCUT2D eigenvalue weighted by atomic mass is 9.95. The summed E-state index contributed by atoms with van der Waals surface area (Å²) in [6.45, 7) is 0.0522. The topological polar surface area (TPSA) is 80.2 Å². The Morgan fingerprint density at radius 1 is 0.970 bits per heavy atom. The predicted molar refractivity (Wildman–Crippen MR) is 131 cm³/mol. The van der Waals surface area contributed by atoms with E-state index in [0.717, 1.165) is 54.1 Å². The van der Waals surface area contributed by atoms with E-state index in [2.05, 4.69) is 10.6 Å². The zero-order valence-electron chi connectivity index (χ0n) is 18.0. The first-order valence-electron chi connectivity index (χ1n) is 11.0. The van der Waals surface area contributed by atoms with E-state index in [0.29, 0.717) is 16.1 Å². The summed E-state index contributed by atoms with van der Waals surface area (Å²) in [5.41, 5.74) is 3.70. The molecule has 0 fully saturated rings. The molecule has 2 heterocycles. The summed E-state index contributed by atoms with van der Waals surface area (Å²) in [6.07, 6.45) is 6.38. The molecule has 6 nitrogen and oxygen atoms in total. The Bertz CT molecular complexity index is 1350. The van der Waals surface area contributed by atoms with Gasteiger partial charge in [-0.25, -0.2) is 0 Å². The molecule has 2 amide bonds. The van der Waals surface area contributed by atoms with Crippen molar-refractivity contribution in [2.75, 3.05) is 10.6 Å². The van der Waals surface area contributed by atoms with Crippen molar-refractivity contribution in [2.24, 2.45) is 0 Å². The molecule has 0 spiro atoms. The first kappa shape index (κ1) is 21.2. The smallest absolute Gasteiger partial charge is 0.258 e. The van der Waals surface area contributed by atoms with Crippen LogP contribution in [0.15, 0.2) is 60.8 Å². The van der Waals surface area contributed by atoms with Crippen LogP contribution in [0.1, 0.15) is 44.0 Å². The van der Waals surface area contributed by atoms with Gasteiger partial charge in [-0.2, -0.15) is 0 Å². The Hall–Kier alpha value is -3.71. The van der Waals surface area contributed by atoms with Crippen molar-refractivity contribution in [1.29, 1.82) is 0 Å². The third-order valence-corrected chi connectivity index (χ3v) is 7.15. The van der Waals surface area contributed by atoms with Crippen LogP contribution in [0.25, 0.3) is 10.9 Å². The Morgan fingerprint density at radius 3 is 2.55 bits per heavy atom. The molecule has 0 bridgehead atoms. The van der Waals surface area contributed by atoms with E-state index in [1.54, 1.807) is 10.8 Å². The summed E-state index contributed by atoms with van der Waals surface area (Å²) in [5, 5.41) is 7.35. The van der Waals surface area contributed by atoms with Crippen LogP contribution in [-0.4, -0.2) is 22.7 Å². The van der Waals surface area contributed by atoms with Gasteiger partial charge in [0.05, 0.1) is 5.56 Å². The maximum Gasteiger partial charge on any atom is 0.258 e. The first-order valence-corrected chi connectivity index (χ1v) is 11.8. The number of hydrogen-bond donors (Lipinski definition) is 2. The number of aldehydes is 1. The molecule has 1 aliphatic rings. The average Bonchev–Trinajstić information content (AvgIpc) is 3.37. The molecule has 0 radical (unpaired) electrons. The molecule has 33 heavy (non-hydrogen) atoms. The van der Waals surface area contributed by atoms with E-state index < -0.39 is 0 Å². The highest BCUT2D eigenvalue weighted by molar-refractivity contribution is 7.17. The molecule has 5 rings (SSSR count). The zero-order valence-corrected chi connectivity index (χ0v) is 18.8. The molecule has 0 atom stereocenters. The summed E-state index contributed by atoms with van der Waals surface area (Å²) >= 11 is 1.49. The lowest BCUT2D eigenvalue weighted by Crippen LogP contribution is -2.21. The van der Waals surface area contributed by atoms with Crippen LogP contribution in [0.3, 0.4) is 0 Å². The maximum absolute atomic E-state index is 13.2. The van der Waals surface area contributed by atoms with Crippen LogP contribution >= 0.6 is 11.3 Å². The number of fused-ring (bicyclic) bond motifs is 2. The van der Waals surface area contributed by atoms with Gasteiger partial charge in [-0.1, -0.05) is 36.4 Å². The van der Waals surface area contributed by atoms with E-state index in [9.17, 15) is 14.4 Å². The number of aryl methyl sites for hydroxylation is 1. The van der Waals surface area contributed by atoms with Gasteiger partial charge in [-0.15, -0.1) is 11.3 Å². The van der Waals surface area contributed by atoms with Gasteiger partial charge in [-0.3, -0.25) is 14.4 Å². The molecule has 0 unspecified atom stereocenters. The average molecular weight is 458 g/mol. The predicted octanol–water partition coefficient (Wildman–Crippen LogP) is 5.29. The molecule has 1 aliphatic carbocycles. The van der Waals surface area contributed by atoms with Gasteiger partial charge in [0.25, 0.3) is 5.91 Å². The number of para-hydroxylation sites is 2. The summed E-state index contributed by atoms with van der Waals surface area (Å²) in [7, 11) is 0. The number of aromatic nitrogens is 1. The number of anilines is 2. The Morgan fingerprint density at radius 2 is 1.73 bits per heavy atom. The zero-order chi connectivity index (χ0) is 22.8. The molecular formula is C26H23N3O3S. The molecule has 166 valence electrons. The third kappa shape index (κ3) is 4.19. The Labute approximate surface area is 195 Å².